The lowest BCUT2D eigenvalue weighted by Gasteiger charge is -2.12. The third-order valence-corrected chi connectivity index (χ3v) is 4.52. The number of halogens is 1. The summed E-state index contributed by atoms with van der Waals surface area (Å²) in [6, 6.07) is 8.92. The van der Waals surface area contributed by atoms with E-state index in [9.17, 15) is 4.79 Å². The third kappa shape index (κ3) is 2.77. The molecular weight excluding hydrogens is 320 g/mol. The van der Waals surface area contributed by atoms with Gasteiger partial charge in [0.25, 0.3) is 5.91 Å². The number of ether oxygens (including phenoxy) is 1. The van der Waals surface area contributed by atoms with E-state index in [2.05, 4.69) is 10.3 Å². The monoisotopic (exact) mass is 332 g/mol. The average Bonchev–Trinajstić information content (AvgIpc) is 2.98. The van der Waals surface area contributed by atoms with E-state index in [0.29, 0.717) is 22.0 Å². The van der Waals surface area contributed by atoms with E-state index in [4.69, 9.17) is 16.3 Å². The molecule has 0 atom stereocenters. The Labute approximate surface area is 136 Å². The van der Waals surface area contributed by atoms with Crippen LogP contribution in [0.25, 0.3) is 10.2 Å². The number of thiazole rings is 1. The van der Waals surface area contributed by atoms with Crippen LogP contribution in [0, 0.1) is 6.92 Å². The lowest BCUT2D eigenvalue weighted by atomic mass is 10.1. The smallest absolute Gasteiger partial charge is 0.255 e. The summed E-state index contributed by atoms with van der Waals surface area (Å²) in [6.45, 7) is 1.88. The van der Waals surface area contributed by atoms with Crippen molar-refractivity contribution in [3.63, 3.8) is 0 Å². The van der Waals surface area contributed by atoms with E-state index < -0.39 is 0 Å². The molecule has 0 aliphatic rings. The maximum Gasteiger partial charge on any atom is 0.255 e. The van der Waals surface area contributed by atoms with Gasteiger partial charge in [0, 0.05) is 16.7 Å². The van der Waals surface area contributed by atoms with Gasteiger partial charge in [0.15, 0.2) is 0 Å². The molecule has 3 aromatic rings. The minimum Gasteiger partial charge on any atom is -0.495 e. The molecule has 1 heterocycles. The summed E-state index contributed by atoms with van der Waals surface area (Å²) in [5, 5.41) is 3.46. The zero-order chi connectivity index (χ0) is 15.7. The Balaban J connectivity index is 1.92. The van der Waals surface area contributed by atoms with Gasteiger partial charge in [-0.15, -0.1) is 11.3 Å². The highest BCUT2D eigenvalue weighted by molar-refractivity contribution is 7.16. The molecule has 1 N–H and O–H groups in total. The van der Waals surface area contributed by atoms with Gasteiger partial charge in [-0.1, -0.05) is 11.6 Å². The minimum absolute atomic E-state index is 0.199. The number of aromatic nitrogens is 1. The molecule has 0 spiro atoms. The fourth-order valence-electron chi connectivity index (χ4n) is 2.12. The van der Waals surface area contributed by atoms with Gasteiger partial charge in [0.2, 0.25) is 0 Å². The molecule has 4 nitrogen and oxygen atoms in total. The van der Waals surface area contributed by atoms with E-state index >= 15 is 0 Å². The van der Waals surface area contributed by atoms with Crippen molar-refractivity contribution in [1.82, 2.24) is 4.98 Å². The standard InChI is InChI=1S/C16H13ClN2O2S/c1-9-5-13(14(21-2)7-11(9)17)19-16(20)10-3-4-12-15(6-10)22-8-18-12/h3-8H,1-2H3,(H,19,20). The molecular formula is C16H13ClN2O2S. The summed E-state index contributed by atoms with van der Waals surface area (Å²) in [6.07, 6.45) is 0. The molecule has 22 heavy (non-hydrogen) atoms. The summed E-state index contributed by atoms with van der Waals surface area (Å²) < 4.78 is 6.25. The molecule has 0 aliphatic carbocycles. The number of anilines is 1. The van der Waals surface area contributed by atoms with Crippen LogP contribution in [0.4, 0.5) is 5.69 Å². The Morgan fingerprint density at radius 1 is 1.32 bits per heavy atom. The maximum atomic E-state index is 12.4. The second-order valence-electron chi connectivity index (χ2n) is 4.79. The van der Waals surface area contributed by atoms with Crippen molar-refractivity contribution in [1.29, 1.82) is 0 Å². The Kier molecular flexibility index (Phi) is 4.00. The van der Waals surface area contributed by atoms with Crippen molar-refractivity contribution in [2.24, 2.45) is 0 Å². The van der Waals surface area contributed by atoms with Crippen molar-refractivity contribution in [2.75, 3.05) is 12.4 Å². The first-order chi connectivity index (χ1) is 10.6. The average molecular weight is 333 g/mol. The number of hydrogen-bond donors (Lipinski definition) is 1. The molecule has 0 fully saturated rings. The molecule has 3 rings (SSSR count). The number of amides is 1. The van der Waals surface area contributed by atoms with Gasteiger partial charge in [-0.25, -0.2) is 4.98 Å². The van der Waals surface area contributed by atoms with Crippen LogP contribution in [-0.4, -0.2) is 18.0 Å². The number of methoxy groups -OCH3 is 1. The number of fused-ring (bicyclic) bond motifs is 1. The number of rotatable bonds is 3. The maximum absolute atomic E-state index is 12.4. The Bertz CT molecular complexity index is 860. The van der Waals surface area contributed by atoms with Gasteiger partial charge in [-0.2, -0.15) is 0 Å². The van der Waals surface area contributed by atoms with Crippen LogP contribution in [0.1, 0.15) is 15.9 Å². The van der Waals surface area contributed by atoms with Gasteiger partial charge >= 0.3 is 0 Å². The van der Waals surface area contributed by atoms with Crippen LogP contribution >= 0.6 is 22.9 Å². The molecule has 0 unspecified atom stereocenters. The van der Waals surface area contributed by atoms with Crippen molar-refractivity contribution in [3.05, 3.63) is 52.0 Å². The number of carbonyl (C=O) groups is 1. The molecule has 1 aromatic heterocycles. The van der Waals surface area contributed by atoms with E-state index in [1.54, 1.807) is 30.8 Å². The Morgan fingerprint density at radius 2 is 2.14 bits per heavy atom. The number of carbonyl (C=O) groups excluding carboxylic acids is 1. The predicted molar refractivity (Wildman–Crippen MR) is 90.3 cm³/mol. The zero-order valence-corrected chi connectivity index (χ0v) is 13.6. The summed E-state index contributed by atoms with van der Waals surface area (Å²) >= 11 is 7.58. The van der Waals surface area contributed by atoms with E-state index in [1.165, 1.54) is 11.3 Å². The Hall–Kier alpha value is -2.11. The fraction of sp³-hybridized carbons (Fsp3) is 0.125. The van der Waals surface area contributed by atoms with Gasteiger partial charge in [-0.05, 0) is 36.8 Å². The summed E-state index contributed by atoms with van der Waals surface area (Å²) in [5.41, 5.74) is 4.69. The van der Waals surface area contributed by atoms with Gasteiger partial charge in [-0.3, -0.25) is 4.79 Å². The number of hydrogen-bond acceptors (Lipinski definition) is 4. The Morgan fingerprint density at radius 3 is 2.91 bits per heavy atom. The summed E-state index contributed by atoms with van der Waals surface area (Å²) in [7, 11) is 1.54. The topological polar surface area (TPSA) is 51.2 Å². The van der Waals surface area contributed by atoms with Crippen LogP contribution in [0.3, 0.4) is 0 Å². The second-order valence-corrected chi connectivity index (χ2v) is 6.08. The third-order valence-electron chi connectivity index (χ3n) is 3.32. The number of nitrogens with one attached hydrogen (secondary N) is 1. The van der Waals surface area contributed by atoms with Crippen LogP contribution in [0.15, 0.2) is 35.8 Å². The highest BCUT2D eigenvalue weighted by Crippen LogP contribution is 2.31. The van der Waals surface area contributed by atoms with Gasteiger partial charge in [0.05, 0.1) is 28.5 Å². The van der Waals surface area contributed by atoms with Crippen LogP contribution in [-0.2, 0) is 0 Å². The quantitative estimate of drug-likeness (QED) is 0.767. The van der Waals surface area contributed by atoms with Gasteiger partial charge < -0.3 is 10.1 Å². The van der Waals surface area contributed by atoms with Crippen molar-refractivity contribution < 1.29 is 9.53 Å². The zero-order valence-electron chi connectivity index (χ0n) is 12.0. The van der Waals surface area contributed by atoms with Crippen molar-refractivity contribution in [3.8, 4) is 5.75 Å². The number of benzene rings is 2. The second kappa shape index (κ2) is 5.94. The van der Waals surface area contributed by atoms with E-state index in [0.717, 1.165) is 15.8 Å². The molecule has 1 amide bonds. The van der Waals surface area contributed by atoms with Crippen LogP contribution < -0.4 is 10.1 Å². The summed E-state index contributed by atoms with van der Waals surface area (Å²) in [5.74, 6) is 0.332. The summed E-state index contributed by atoms with van der Waals surface area (Å²) in [4.78, 5) is 16.6. The minimum atomic E-state index is -0.199. The van der Waals surface area contributed by atoms with E-state index in [1.807, 2.05) is 19.1 Å². The van der Waals surface area contributed by atoms with Crippen molar-refractivity contribution >= 4 is 44.7 Å². The number of aryl methyl sites for hydroxylation is 1. The lowest BCUT2D eigenvalue weighted by molar-refractivity contribution is 0.102. The first kappa shape index (κ1) is 14.8. The first-order valence-corrected chi connectivity index (χ1v) is 7.83. The molecule has 0 aliphatic heterocycles. The van der Waals surface area contributed by atoms with Crippen molar-refractivity contribution in [2.45, 2.75) is 6.92 Å². The molecule has 0 bridgehead atoms. The molecule has 6 heteroatoms. The highest BCUT2D eigenvalue weighted by atomic mass is 35.5. The molecule has 112 valence electrons. The molecule has 2 aromatic carbocycles. The fourth-order valence-corrected chi connectivity index (χ4v) is 2.99. The molecule has 0 radical (unpaired) electrons. The normalized spacial score (nSPS) is 10.7. The van der Waals surface area contributed by atoms with Crippen LogP contribution in [0.2, 0.25) is 5.02 Å². The van der Waals surface area contributed by atoms with Crippen LogP contribution in [0.5, 0.6) is 5.75 Å². The van der Waals surface area contributed by atoms with E-state index in [-0.39, 0.29) is 5.91 Å². The molecule has 0 saturated heterocycles. The first-order valence-electron chi connectivity index (χ1n) is 6.57. The van der Waals surface area contributed by atoms with Gasteiger partial charge in [0.1, 0.15) is 5.75 Å². The predicted octanol–water partition coefficient (Wildman–Crippen LogP) is 4.52. The largest absolute Gasteiger partial charge is 0.495 e. The highest BCUT2D eigenvalue weighted by Gasteiger charge is 2.12. The SMILES string of the molecule is COc1cc(Cl)c(C)cc1NC(=O)c1ccc2ncsc2c1. The number of nitrogens with zero attached hydrogens (tertiary/aromatic N) is 1. The molecule has 0 saturated carbocycles. The lowest BCUT2D eigenvalue weighted by Crippen LogP contribution is -2.12.